The molecule has 0 saturated carbocycles. The molecule has 0 bridgehead atoms. The average Bonchev–Trinajstić information content (AvgIpc) is 2.84. The number of sulfonamides is 1. The number of carbonyl (C=O) groups excluding carboxylic acids is 1. The Morgan fingerprint density at radius 1 is 0.971 bits per heavy atom. The molecular weight excluding hydrogens is 454 g/mol. The molecule has 0 radical (unpaired) electrons. The Morgan fingerprint density at radius 3 is 2.35 bits per heavy atom. The molecule has 34 heavy (non-hydrogen) atoms. The molecule has 1 N–H and O–H groups in total. The van der Waals surface area contributed by atoms with Crippen LogP contribution in [-0.4, -0.2) is 41.3 Å². The lowest BCUT2D eigenvalue weighted by Crippen LogP contribution is -2.40. The standard InChI is InChI=1S/C25H27N3O5S/c1-18-10-11-19(2)22(14-18)28(34(30,31)21-8-6-5-7-9-21)17-25(29)27-26-16-20-12-13-23(32-3)24(15-20)33-4/h5-16H,17H2,1-4H3,(H,27,29)/b26-16-. The van der Waals surface area contributed by atoms with Crippen molar-refractivity contribution in [2.75, 3.05) is 25.1 Å². The number of hydrogen-bond donors (Lipinski definition) is 1. The molecule has 0 spiro atoms. The Bertz CT molecular complexity index is 1290. The van der Waals surface area contributed by atoms with Gasteiger partial charge in [0.25, 0.3) is 15.9 Å². The third-order valence-corrected chi connectivity index (χ3v) is 6.84. The van der Waals surface area contributed by atoms with Crippen LogP contribution in [0.3, 0.4) is 0 Å². The first-order valence-electron chi connectivity index (χ1n) is 10.4. The van der Waals surface area contributed by atoms with E-state index in [0.29, 0.717) is 22.7 Å². The van der Waals surface area contributed by atoms with Crippen LogP contribution in [-0.2, 0) is 14.8 Å². The van der Waals surface area contributed by atoms with Gasteiger partial charge in [-0.3, -0.25) is 9.10 Å². The van der Waals surface area contributed by atoms with Crippen LogP contribution in [0.2, 0.25) is 0 Å². The molecule has 0 aliphatic rings. The number of hydrazone groups is 1. The van der Waals surface area contributed by atoms with Gasteiger partial charge in [0, 0.05) is 0 Å². The van der Waals surface area contributed by atoms with Crippen LogP contribution in [0.25, 0.3) is 0 Å². The molecule has 0 aliphatic carbocycles. The van der Waals surface area contributed by atoms with Gasteiger partial charge < -0.3 is 9.47 Å². The second-order valence-corrected chi connectivity index (χ2v) is 9.38. The number of ether oxygens (including phenoxy) is 2. The van der Waals surface area contributed by atoms with Gasteiger partial charge in [0.1, 0.15) is 6.54 Å². The smallest absolute Gasteiger partial charge is 0.264 e. The number of rotatable bonds is 9. The molecule has 0 aliphatic heterocycles. The number of amides is 1. The molecule has 0 saturated heterocycles. The van der Waals surface area contributed by atoms with Crippen LogP contribution < -0.4 is 19.2 Å². The molecule has 3 aromatic carbocycles. The van der Waals surface area contributed by atoms with E-state index in [4.69, 9.17) is 9.47 Å². The maximum Gasteiger partial charge on any atom is 0.264 e. The van der Waals surface area contributed by atoms with Crippen molar-refractivity contribution in [2.24, 2.45) is 5.10 Å². The summed E-state index contributed by atoms with van der Waals surface area (Å²) in [4.78, 5) is 12.8. The molecule has 0 unspecified atom stereocenters. The lowest BCUT2D eigenvalue weighted by atomic mass is 10.1. The number of carbonyl (C=O) groups is 1. The molecule has 0 aromatic heterocycles. The maximum absolute atomic E-state index is 13.4. The van der Waals surface area contributed by atoms with E-state index < -0.39 is 22.5 Å². The fraction of sp³-hybridized carbons (Fsp3) is 0.200. The van der Waals surface area contributed by atoms with E-state index in [9.17, 15) is 13.2 Å². The van der Waals surface area contributed by atoms with Crippen LogP contribution in [0.4, 0.5) is 5.69 Å². The van der Waals surface area contributed by atoms with Crippen LogP contribution in [0.1, 0.15) is 16.7 Å². The summed E-state index contributed by atoms with van der Waals surface area (Å²) in [7, 11) is -0.930. The monoisotopic (exact) mass is 481 g/mol. The summed E-state index contributed by atoms with van der Waals surface area (Å²) in [6, 6.07) is 18.6. The Hall–Kier alpha value is -3.85. The maximum atomic E-state index is 13.4. The predicted octanol–water partition coefficient (Wildman–Crippen LogP) is 3.67. The fourth-order valence-corrected chi connectivity index (χ4v) is 4.78. The van der Waals surface area contributed by atoms with Crippen molar-refractivity contribution in [1.29, 1.82) is 0 Å². The van der Waals surface area contributed by atoms with E-state index in [1.165, 1.54) is 32.6 Å². The highest BCUT2D eigenvalue weighted by atomic mass is 32.2. The van der Waals surface area contributed by atoms with Crippen LogP contribution >= 0.6 is 0 Å². The molecule has 0 atom stereocenters. The first kappa shape index (κ1) is 24.8. The number of benzene rings is 3. The lowest BCUT2D eigenvalue weighted by Gasteiger charge is -2.25. The van der Waals surface area contributed by atoms with Gasteiger partial charge in [-0.15, -0.1) is 0 Å². The molecule has 1 amide bonds. The topological polar surface area (TPSA) is 97.3 Å². The van der Waals surface area contributed by atoms with Crippen LogP contribution in [0.15, 0.2) is 76.7 Å². The molecule has 3 aromatic rings. The zero-order valence-electron chi connectivity index (χ0n) is 19.5. The van der Waals surface area contributed by atoms with Crippen molar-refractivity contribution in [3.05, 3.63) is 83.4 Å². The largest absolute Gasteiger partial charge is 0.493 e. The first-order chi connectivity index (χ1) is 16.3. The van der Waals surface area contributed by atoms with E-state index in [-0.39, 0.29) is 4.90 Å². The van der Waals surface area contributed by atoms with Crippen molar-refractivity contribution in [1.82, 2.24) is 5.43 Å². The van der Waals surface area contributed by atoms with Gasteiger partial charge in [0.05, 0.1) is 31.0 Å². The summed E-state index contributed by atoms with van der Waals surface area (Å²) in [5, 5.41) is 3.97. The zero-order valence-corrected chi connectivity index (χ0v) is 20.3. The summed E-state index contributed by atoms with van der Waals surface area (Å²) in [6.45, 7) is 3.23. The minimum atomic E-state index is -3.99. The molecule has 0 heterocycles. The number of hydrogen-bond acceptors (Lipinski definition) is 6. The summed E-state index contributed by atoms with van der Waals surface area (Å²) in [5.41, 5.74) is 5.11. The molecule has 9 heteroatoms. The summed E-state index contributed by atoms with van der Waals surface area (Å²) < 4.78 is 38.4. The average molecular weight is 482 g/mol. The second kappa shape index (κ2) is 10.8. The summed E-state index contributed by atoms with van der Waals surface area (Å²) in [6.07, 6.45) is 1.44. The van der Waals surface area contributed by atoms with Crippen molar-refractivity contribution >= 4 is 27.8 Å². The van der Waals surface area contributed by atoms with E-state index >= 15 is 0 Å². The number of nitrogens with one attached hydrogen (secondary N) is 1. The highest BCUT2D eigenvalue weighted by Gasteiger charge is 2.28. The van der Waals surface area contributed by atoms with E-state index in [1.807, 2.05) is 19.1 Å². The van der Waals surface area contributed by atoms with Crippen molar-refractivity contribution in [3.63, 3.8) is 0 Å². The van der Waals surface area contributed by atoms with Gasteiger partial charge in [0.15, 0.2) is 11.5 Å². The number of anilines is 1. The normalized spacial score (nSPS) is 11.3. The van der Waals surface area contributed by atoms with Gasteiger partial charge in [0.2, 0.25) is 0 Å². The van der Waals surface area contributed by atoms with Crippen LogP contribution in [0.5, 0.6) is 11.5 Å². The first-order valence-corrected chi connectivity index (χ1v) is 11.9. The number of aryl methyl sites for hydroxylation is 2. The minimum absolute atomic E-state index is 0.0949. The van der Waals surface area contributed by atoms with Gasteiger partial charge in [-0.2, -0.15) is 5.10 Å². The highest BCUT2D eigenvalue weighted by Crippen LogP contribution is 2.28. The van der Waals surface area contributed by atoms with Gasteiger partial charge >= 0.3 is 0 Å². The van der Waals surface area contributed by atoms with Crippen LogP contribution in [0, 0.1) is 13.8 Å². The Kier molecular flexibility index (Phi) is 7.91. The summed E-state index contributed by atoms with van der Waals surface area (Å²) >= 11 is 0. The SMILES string of the molecule is COc1ccc(/C=N\NC(=O)CN(c2cc(C)ccc2C)S(=O)(=O)c2ccccc2)cc1OC. The third kappa shape index (κ3) is 5.74. The second-order valence-electron chi connectivity index (χ2n) is 7.52. The summed E-state index contributed by atoms with van der Waals surface area (Å²) in [5.74, 6) is 0.504. The van der Waals surface area contributed by atoms with E-state index in [2.05, 4.69) is 10.5 Å². The number of nitrogens with zero attached hydrogens (tertiary/aromatic N) is 2. The molecule has 0 fully saturated rings. The van der Waals surface area contributed by atoms with Gasteiger partial charge in [-0.25, -0.2) is 13.8 Å². The zero-order chi connectivity index (χ0) is 24.7. The van der Waals surface area contributed by atoms with Crippen molar-refractivity contribution in [3.8, 4) is 11.5 Å². The van der Waals surface area contributed by atoms with Crippen molar-refractivity contribution in [2.45, 2.75) is 18.7 Å². The molecule has 3 rings (SSSR count). The minimum Gasteiger partial charge on any atom is -0.493 e. The van der Waals surface area contributed by atoms with Gasteiger partial charge in [-0.1, -0.05) is 30.3 Å². The Morgan fingerprint density at radius 2 is 1.68 bits per heavy atom. The third-order valence-electron chi connectivity index (χ3n) is 5.06. The quantitative estimate of drug-likeness (QED) is 0.372. The lowest BCUT2D eigenvalue weighted by molar-refractivity contribution is -0.119. The molecule has 178 valence electrons. The number of methoxy groups -OCH3 is 2. The Balaban J connectivity index is 1.85. The molecule has 8 nitrogen and oxygen atoms in total. The predicted molar refractivity (Wildman–Crippen MR) is 132 cm³/mol. The highest BCUT2D eigenvalue weighted by molar-refractivity contribution is 7.92. The molecular formula is C25H27N3O5S. The van der Waals surface area contributed by atoms with E-state index in [1.54, 1.807) is 49.4 Å². The Labute approximate surface area is 199 Å². The fourth-order valence-electron chi connectivity index (χ4n) is 3.29. The van der Waals surface area contributed by atoms with E-state index in [0.717, 1.165) is 15.4 Å². The van der Waals surface area contributed by atoms with Gasteiger partial charge in [-0.05, 0) is 66.9 Å². The van der Waals surface area contributed by atoms with Crippen molar-refractivity contribution < 1.29 is 22.7 Å².